The second kappa shape index (κ2) is 8.12. The van der Waals surface area contributed by atoms with Crippen molar-refractivity contribution in [2.45, 2.75) is 11.6 Å². The van der Waals surface area contributed by atoms with Crippen molar-refractivity contribution in [3.05, 3.63) is 70.2 Å². The molecule has 1 amide bonds. The summed E-state index contributed by atoms with van der Waals surface area (Å²) in [5, 5.41) is 4.60. The first-order valence-corrected chi connectivity index (χ1v) is 10.3. The first kappa shape index (κ1) is 18.0. The van der Waals surface area contributed by atoms with Crippen LogP contribution in [0.2, 0.25) is 5.02 Å². The Kier molecular flexibility index (Phi) is 5.42. The Bertz CT molecular complexity index is 1040. The molecule has 5 nitrogen and oxygen atoms in total. The minimum absolute atomic E-state index is 0.144. The molecule has 4 rings (SSSR count). The van der Waals surface area contributed by atoms with Gasteiger partial charge in [-0.3, -0.25) is 4.79 Å². The lowest BCUT2D eigenvalue weighted by Gasteiger charge is -1.99. The zero-order valence-electron chi connectivity index (χ0n) is 14.0. The van der Waals surface area contributed by atoms with Crippen LogP contribution < -0.4 is 5.32 Å². The van der Waals surface area contributed by atoms with E-state index in [0.29, 0.717) is 21.0 Å². The highest BCUT2D eigenvalue weighted by Crippen LogP contribution is 2.25. The molecule has 2 aromatic carbocycles. The van der Waals surface area contributed by atoms with Gasteiger partial charge in [0, 0.05) is 22.5 Å². The number of hydrogen-bond donors (Lipinski definition) is 1. The zero-order chi connectivity index (χ0) is 18.6. The van der Waals surface area contributed by atoms with Crippen LogP contribution >= 0.6 is 34.7 Å². The average Bonchev–Trinajstić information content (AvgIpc) is 3.28. The van der Waals surface area contributed by atoms with E-state index in [-0.39, 0.29) is 11.7 Å². The highest BCUT2D eigenvalue weighted by molar-refractivity contribution is 7.99. The molecule has 0 bridgehead atoms. The smallest absolute Gasteiger partial charge is 0.257 e. The molecule has 0 fully saturated rings. The van der Waals surface area contributed by atoms with Crippen molar-refractivity contribution < 1.29 is 9.21 Å². The van der Waals surface area contributed by atoms with Crippen molar-refractivity contribution >= 4 is 56.8 Å². The minimum Gasteiger partial charge on any atom is -0.431 e. The minimum atomic E-state index is -0.144. The molecular formula is C19H14ClN3O2S2. The normalized spacial score (nSPS) is 11.0. The molecule has 27 heavy (non-hydrogen) atoms. The van der Waals surface area contributed by atoms with E-state index in [1.54, 1.807) is 6.20 Å². The number of thiazole rings is 1. The number of fused-ring (bicyclic) bond motifs is 1. The molecule has 0 spiro atoms. The van der Waals surface area contributed by atoms with Crippen molar-refractivity contribution in [1.82, 2.24) is 9.97 Å². The van der Waals surface area contributed by atoms with E-state index in [2.05, 4.69) is 15.3 Å². The molecule has 136 valence electrons. The number of nitrogens with zero attached hydrogens (tertiary/aromatic N) is 2. The third-order valence-electron chi connectivity index (χ3n) is 3.69. The summed E-state index contributed by atoms with van der Waals surface area (Å²) in [6, 6.07) is 15.2. The van der Waals surface area contributed by atoms with Crippen molar-refractivity contribution in [3.8, 4) is 0 Å². The topological polar surface area (TPSA) is 68.0 Å². The van der Waals surface area contributed by atoms with Gasteiger partial charge in [0.25, 0.3) is 5.22 Å². The molecule has 2 heterocycles. The molecular weight excluding hydrogens is 402 g/mol. The lowest BCUT2D eigenvalue weighted by molar-refractivity contribution is -0.113. The maximum atomic E-state index is 12.2. The van der Waals surface area contributed by atoms with Crippen LogP contribution in [0.5, 0.6) is 0 Å². The molecule has 0 aliphatic heterocycles. The Morgan fingerprint density at radius 3 is 2.81 bits per heavy atom. The van der Waals surface area contributed by atoms with E-state index in [9.17, 15) is 4.79 Å². The quantitative estimate of drug-likeness (QED) is 0.435. The van der Waals surface area contributed by atoms with Gasteiger partial charge in [-0.25, -0.2) is 9.97 Å². The number of carbonyl (C=O) groups is 1. The van der Waals surface area contributed by atoms with Crippen LogP contribution in [0.3, 0.4) is 0 Å². The number of amides is 1. The summed E-state index contributed by atoms with van der Waals surface area (Å²) >= 11 is 8.62. The van der Waals surface area contributed by atoms with E-state index < -0.39 is 0 Å². The summed E-state index contributed by atoms with van der Waals surface area (Å²) in [5.74, 6) is 0.0634. The molecule has 8 heteroatoms. The second-order valence-corrected chi connectivity index (χ2v) is 8.20. The fraction of sp³-hybridized carbons (Fsp3) is 0.105. The highest BCUT2D eigenvalue weighted by Gasteiger charge is 2.11. The Hall–Kier alpha value is -2.35. The summed E-state index contributed by atoms with van der Waals surface area (Å²) in [6.45, 7) is 0. The SMILES string of the molecule is O=C(CSc1nc2ccccc2o1)Nc1ncc(Cc2ccc(Cl)cc2)s1. The molecule has 0 radical (unpaired) electrons. The predicted octanol–water partition coefficient (Wildman–Crippen LogP) is 5.26. The molecule has 1 N–H and O–H groups in total. The first-order chi connectivity index (χ1) is 13.2. The average molecular weight is 416 g/mol. The van der Waals surface area contributed by atoms with E-state index >= 15 is 0 Å². The largest absolute Gasteiger partial charge is 0.431 e. The van der Waals surface area contributed by atoms with Gasteiger partial charge in [0.1, 0.15) is 5.52 Å². The molecule has 2 aromatic heterocycles. The lowest BCUT2D eigenvalue weighted by Crippen LogP contribution is -2.13. The van der Waals surface area contributed by atoms with Gasteiger partial charge in [-0.15, -0.1) is 11.3 Å². The van der Waals surface area contributed by atoms with Crippen LogP contribution in [0, 0.1) is 0 Å². The van der Waals surface area contributed by atoms with Crippen LogP contribution in [0.1, 0.15) is 10.4 Å². The van der Waals surface area contributed by atoms with Crippen molar-refractivity contribution in [3.63, 3.8) is 0 Å². The second-order valence-electron chi connectivity index (χ2n) is 5.72. The lowest BCUT2D eigenvalue weighted by atomic mass is 10.1. The Morgan fingerprint density at radius 1 is 1.19 bits per heavy atom. The van der Waals surface area contributed by atoms with Crippen LogP contribution in [0.25, 0.3) is 11.1 Å². The van der Waals surface area contributed by atoms with Crippen LogP contribution in [0.4, 0.5) is 5.13 Å². The summed E-state index contributed by atoms with van der Waals surface area (Å²) in [5.41, 5.74) is 2.65. The fourth-order valence-electron chi connectivity index (χ4n) is 2.45. The fourth-order valence-corrected chi connectivity index (χ4v) is 4.07. The number of benzene rings is 2. The summed E-state index contributed by atoms with van der Waals surface area (Å²) < 4.78 is 5.60. The Balaban J connectivity index is 1.31. The van der Waals surface area contributed by atoms with Gasteiger partial charge in [-0.05, 0) is 29.8 Å². The van der Waals surface area contributed by atoms with Gasteiger partial charge in [0.15, 0.2) is 10.7 Å². The molecule has 0 saturated carbocycles. The molecule has 0 saturated heterocycles. The number of carbonyl (C=O) groups excluding carboxylic acids is 1. The van der Waals surface area contributed by atoms with Gasteiger partial charge < -0.3 is 9.73 Å². The van der Waals surface area contributed by atoms with Crippen molar-refractivity contribution in [2.24, 2.45) is 0 Å². The maximum absolute atomic E-state index is 12.2. The van der Waals surface area contributed by atoms with Crippen LogP contribution in [-0.2, 0) is 11.2 Å². The number of anilines is 1. The van der Waals surface area contributed by atoms with Crippen LogP contribution in [-0.4, -0.2) is 21.6 Å². The zero-order valence-corrected chi connectivity index (χ0v) is 16.4. The third kappa shape index (κ3) is 4.68. The van der Waals surface area contributed by atoms with E-state index in [4.69, 9.17) is 16.0 Å². The van der Waals surface area contributed by atoms with Gasteiger partial charge >= 0.3 is 0 Å². The summed E-state index contributed by atoms with van der Waals surface area (Å²) in [6.07, 6.45) is 2.53. The third-order valence-corrected chi connectivity index (χ3v) is 5.69. The number of halogens is 1. The van der Waals surface area contributed by atoms with Crippen molar-refractivity contribution in [1.29, 1.82) is 0 Å². The van der Waals surface area contributed by atoms with E-state index in [1.807, 2.05) is 48.5 Å². The summed E-state index contributed by atoms with van der Waals surface area (Å²) in [4.78, 5) is 21.8. The number of nitrogens with one attached hydrogen (secondary N) is 1. The maximum Gasteiger partial charge on any atom is 0.257 e. The molecule has 0 unspecified atom stereocenters. The van der Waals surface area contributed by atoms with E-state index in [0.717, 1.165) is 22.4 Å². The number of rotatable bonds is 6. The number of thioether (sulfide) groups is 1. The monoisotopic (exact) mass is 415 g/mol. The molecule has 0 aliphatic rings. The molecule has 0 aliphatic carbocycles. The first-order valence-electron chi connectivity index (χ1n) is 8.13. The number of oxazole rings is 1. The number of para-hydroxylation sites is 2. The predicted molar refractivity (Wildman–Crippen MR) is 110 cm³/mol. The molecule has 0 atom stereocenters. The van der Waals surface area contributed by atoms with Gasteiger partial charge in [-0.2, -0.15) is 0 Å². The van der Waals surface area contributed by atoms with Crippen molar-refractivity contribution in [2.75, 3.05) is 11.1 Å². The van der Waals surface area contributed by atoms with Gasteiger partial charge in [0.2, 0.25) is 5.91 Å². The van der Waals surface area contributed by atoms with Gasteiger partial charge in [0.05, 0.1) is 5.75 Å². The standard InChI is InChI=1S/C19H14ClN3O2S2/c20-13-7-5-12(6-8-13)9-14-10-21-18(27-14)23-17(24)11-26-19-22-15-3-1-2-4-16(15)25-19/h1-8,10H,9,11H2,(H,21,23,24). The van der Waals surface area contributed by atoms with E-state index in [1.165, 1.54) is 23.1 Å². The Morgan fingerprint density at radius 2 is 2.00 bits per heavy atom. The van der Waals surface area contributed by atoms with Crippen LogP contribution in [0.15, 0.2) is 64.4 Å². The number of hydrogen-bond acceptors (Lipinski definition) is 6. The Labute approximate surface area is 168 Å². The summed E-state index contributed by atoms with van der Waals surface area (Å²) in [7, 11) is 0. The number of aromatic nitrogens is 2. The highest BCUT2D eigenvalue weighted by atomic mass is 35.5. The molecule has 4 aromatic rings. The van der Waals surface area contributed by atoms with Gasteiger partial charge in [-0.1, -0.05) is 47.6 Å².